The monoisotopic (exact) mass is 244 g/mol. The minimum atomic E-state index is 0.297. The number of rotatable bonds is 3. The molecule has 1 aliphatic carbocycles. The number of ketones is 1. The predicted octanol–water partition coefficient (Wildman–Crippen LogP) is 3.86. The molecule has 0 amide bonds. The molecule has 18 heavy (non-hydrogen) atoms. The number of carbonyl (C=O) groups is 1. The van der Waals surface area contributed by atoms with Crippen LogP contribution in [0.3, 0.4) is 0 Å². The third-order valence-corrected chi connectivity index (χ3v) is 3.69. The molecule has 0 bridgehead atoms. The molecule has 1 aromatic rings. The van der Waals surface area contributed by atoms with Crippen molar-refractivity contribution in [3.63, 3.8) is 0 Å². The Morgan fingerprint density at radius 3 is 2.89 bits per heavy atom. The van der Waals surface area contributed by atoms with Gasteiger partial charge in [-0.2, -0.15) is 0 Å². The summed E-state index contributed by atoms with van der Waals surface area (Å²) in [6.45, 7) is 2.20. The van der Waals surface area contributed by atoms with Gasteiger partial charge in [0, 0.05) is 12.0 Å². The fourth-order valence-electron chi connectivity index (χ4n) is 2.48. The smallest absolute Gasteiger partial charge is 0.158 e. The second kappa shape index (κ2) is 5.85. The van der Waals surface area contributed by atoms with Crippen LogP contribution < -0.4 is 4.74 Å². The summed E-state index contributed by atoms with van der Waals surface area (Å²) in [6, 6.07) is 7.84. The van der Waals surface area contributed by atoms with E-state index >= 15 is 0 Å². The van der Waals surface area contributed by atoms with Crippen molar-refractivity contribution in [2.75, 3.05) is 7.11 Å². The van der Waals surface area contributed by atoms with Gasteiger partial charge in [-0.15, -0.1) is 0 Å². The van der Waals surface area contributed by atoms with Crippen molar-refractivity contribution in [2.45, 2.75) is 32.6 Å². The maximum absolute atomic E-state index is 12.0. The van der Waals surface area contributed by atoms with E-state index < -0.39 is 0 Å². The van der Waals surface area contributed by atoms with E-state index in [2.05, 4.69) is 6.92 Å². The van der Waals surface area contributed by atoms with Crippen molar-refractivity contribution in [3.05, 3.63) is 35.4 Å². The van der Waals surface area contributed by atoms with Crippen LogP contribution in [0.25, 0.3) is 6.08 Å². The van der Waals surface area contributed by atoms with Gasteiger partial charge in [-0.05, 0) is 36.5 Å². The lowest BCUT2D eigenvalue weighted by atomic mass is 9.82. The normalized spacial score (nSPS) is 22.2. The van der Waals surface area contributed by atoms with E-state index in [1.807, 2.05) is 30.3 Å². The Morgan fingerprint density at radius 2 is 2.17 bits per heavy atom. The summed E-state index contributed by atoms with van der Waals surface area (Å²) < 4.78 is 5.32. The van der Waals surface area contributed by atoms with Crippen LogP contribution in [0.5, 0.6) is 5.75 Å². The quantitative estimate of drug-likeness (QED) is 0.755. The molecule has 96 valence electrons. The van der Waals surface area contributed by atoms with Gasteiger partial charge in [0.2, 0.25) is 0 Å². The number of hydrogen-bond donors (Lipinski definition) is 0. The Balaban J connectivity index is 2.27. The van der Waals surface area contributed by atoms with Crippen molar-refractivity contribution in [3.8, 4) is 5.75 Å². The van der Waals surface area contributed by atoms with Crippen LogP contribution >= 0.6 is 0 Å². The standard InChI is InChI=1S/C16H20O2/c1-3-12-8-9-15(17)14(10-12)11-13-6-4-5-7-16(13)18-2/h4-7,11-12H,3,8-10H2,1-2H3/b14-11-. The first kappa shape index (κ1) is 12.9. The topological polar surface area (TPSA) is 26.3 Å². The first-order chi connectivity index (χ1) is 8.74. The molecule has 0 heterocycles. The average molecular weight is 244 g/mol. The zero-order chi connectivity index (χ0) is 13.0. The van der Waals surface area contributed by atoms with Gasteiger partial charge in [0.1, 0.15) is 5.75 Å². The summed E-state index contributed by atoms with van der Waals surface area (Å²) in [5.41, 5.74) is 1.96. The molecule has 0 spiro atoms. The van der Waals surface area contributed by atoms with E-state index in [0.717, 1.165) is 36.1 Å². The van der Waals surface area contributed by atoms with Crippen LogP contribution in [0.4, 0.5) is 0 Å². The molecule has 0 aliphatic heterocycles. The highest BCUT2D eigenvalue weighted by molar-refractivity contribution is 6.00. The fourth-order valence-corrected chi connectivity index (χ4v) is 2.48. The second-order valence-electron chi connectivity index (χ2n) is 4.85. The zero-order valence-corrected chi connectivity index (χ0v) is 11.1. The summed E-state index contributed by atoms with van der Waals surface area (Å²) in [6.07, 6.45) is 5.80. The maximum Gasteiger partial charge on any atom is 0.158 e. The second-order valence-corrected chi connectivity index (χ2v) is 4.85. The van der Waals surface area contributed by atoms with E-state index in [4.69, 9.17) is 4.74 Å². The average Bonchev–Trinajstić information content (AvgIpc) is 2.42. The first-order valence-corrected chi connectivity index (χ1v) is 6.61. The summed E-state index contributed by atoms with van der Waals surface area (Å²) in [4.78, 5) is 12.0. The van der Waals surface area contributed by atoms with E-state index in [0.29, 0.717) is 18.1 Å². The van der Waals surface area contributed by atoms with E-state index in [1.54, 1.807) is 7.11 Å². The number of methoxy groups -OCH3 is 1. The Bertz CT molecular complexity index is 460. The number of Topliss-reactive ketones (excluding diaryl/α,β-unsaturated/α-hetero) is 1. The molecule has 0 aromatic heterocycles. The predicted molar refractivity (Wildman–Crippen MR) is 73.6 cm³/mol. The number of allylic oxidation sites excluding steroid dienone is 1. The van der Waals surface area contributed by atoms with Gasteiger partial charge in [0.15, 0.2) is 5.78 Å². The largest absolute Gasteiger partial charge is 0.496 e. The van der Waals surface area contributed by atoms with Crippen molar-refractivity contribution in [2.24, 2.45) is 5.92 Å². The molecule has 2 heteroatoms. The van der Waals surface area contributed by atoms with Gasteiger partial charge in [0.25, 0.3) is 0 Å². The molecule has 2 nitrogen and oxygen atoms in total. The van der Waals surface area contributed by atoms with Gasteiger partial charge >= 0.3 is 0 Å². The summed E-state index contributed by atoms with van der Waals surface area (Å²) >= 11 is 0. The van der Waals surface area contributed by atoms with Gasteiger partial charge < -0.3 is 4.74 Å². The van der Waals surface area contributed by atoms with Gasteiger partial charge in [-0.25, -0.2) is 0 Å². The zero-order valence-electron chi connectivity index (χ0n) is 11.1. The van der Waals surface area contributed by atoms with Gasteiger partial charge in [-0.1, -0.05) is 31.5 Å². The van der Waals surface area contributed by atoms with Crippen LogP contribution in [-0.2, 0) is 4.79 Å². The van der Waals surface area contributed by atoms with Gasteiger partial charge in [0.05, 0.1) is 7.11 Å². The summed E-state index contributed by atoms with van der Waals surface area (Å²) in [7, 11) is 1.66. The molecule has 1 unspecified atom stereocenters. The van der Waals surface area contributed by atoms with Crippen molar-refractivity contribution in [1.82, 2.24) is 0 Å². The highest BCUT2D eigenvalue weighted by Crippen LogP contribution is 2.31. The fraction of sp³-hybridized carbons (Fsp3) is 0.438. The molecule has 1 aromatic carbocycles. The molecule has 2 rings (SSSR count). The van der Waals surface area contributed by atoms with Crippen LogP contribution in [0.1, 0.15) is 38.2 Å². The minimum absolute atomic E-state index is 0.297. The Hall–Kier alpha value is -1.57. The summed E-state index contributed by atoms with van der Waals surface area (Å²) in [5, 5.41) is 0. The van der Waals surface area contributed by atoms with Crippen LogP contribution in [-0.4, -0.2) is 12.9 Å². The number of benzene rings is 1. The lowest BCUT2D eigenvalue weighted by molar-refractivity contribution is -0.116. The Morgan fingerprint density at radius 1 is 1.39 bits per heavy atom. The third-order valence-electron chi connectivity index (χ3n) is 3.69. The molecule has 1 fully saturated rings. The van der Waals surface area contributed by atoms with E-state index in [9.17, 15) is 4.79 Å². The van der Waals surface area contributed by atoms with Crippen molar-refractivity contribution < 1.29 is 9.53 Å². The molecule has 1 saturated carbocycles. The molecule has 0 N–H and O–H groups in total. The van der Waals surface area contributed by atoms with E-state index in [-0.39, 0.29) is 0 Å². The molecule has 0 saturated heterocycles. The molecule has 0 radical (unpaired) electrons. The van der Waals surface area contributed by atoms with Crippen molar-refractivity contribution in [1.29, 1.82) is 0 Å². The Kier molecular flexibility index (Phi) is 4.19. The number of para-hydroxylation sites is 1. The lowest BCUT2D eigenvalue weighted by Gasteiger charge is -2.22. The summed E-state index contributed by atoms with van der Waals surface area (Å²) in [5.74, 6) is 1.78. The molecule has 1 atom stereocenters. The first-order valence-electron chi connectivity index (χ1n) is 6.61. The Labute approximate surface area is 109 Å². The number of ether oxygens (including phenoxy) is 1. The van der Waals surface area contributed by atoms with Crippen LogP contribution in [0, 0.1) is 5.92 Å². The van der Waals surface area contributed by atoms with Gasteiger partial charge in [-0.3, -0.25) is 4.79 Å². The SMILES string of the molecule is CCC1CCC(=O)/C(=C\c2ccccc2OC)C1. The van der Waals surface area contributed by atoms with E-state index in [1.165, 1.54) is 0 Å². The van der Waals surface area contributed by atoms with Crippen molar-refractivity contribution >= 4 is 11.9 Å². The highest BCUT2D eigenvalue weighted by atomic mass is 16.5. The maximum atomic E-state index is 12.0. The minimum Gasteiger partial charge on any atom is -0.496 e. The number of hydrogen-bond acceptors (Lipinski definition) is 2. The molecular weight excluding hydrogens is 224 g/mol. The highest BCUT2D eigenvalue weighted by Gasteiger charge is 2.22. The molecular formula is C16H20O2. The number of carbonyl (C=O) groups excluding carboxylic acids is 1. The molecule has 1 aliphatic rings. The third kappa shape index (κ3) is 2.81. The lowest BCUT2D eigenvalue weighted by Crippen LogP contribution is -2.16. The van der Waals surface area contributed by atoms with Crippen LogP contribution in [0.15, 0.2) is 29.8 Å². The van der Waals surface area contributed by atoms with Crippen LogP contribution in [0.2, 0.25) is 0 Å².